The Labute approximate surface area is 135 Å². The molecule has 0 N–H and O–H groups in total. The minimum absolute atomic E-state index is 0. The first kappa shape index (κ1) is 24.7. The molecule has 0 aromatic rings. The van der Waals surface area contributed by atoms with E-state index in [1.54, 1.807) is 0 Å². The Bertz CT molecular complexity index is 147. The molecular weight excluding hydrogens is 333 g/mol. The summed E-state index contributed by atoms with van der Waals surface area (Å²) in [5, 5.41) is 0. The fraction of sp³-hybridized carbons (Fsp3) is 0.917. The van der Waals surface area contributed by atoms with E-state index in [2.05, 4.69) is 39.3 Å². The van der Waals surface area contributed by atoms with E-state index in [9.17, 15) is 0 Å². The van der Waals surface area contributed by atoms with Crippen molar-refractivity contribution in [3.63, 3.8) is 0 Å². The second-order valence-corrected chi connectivity index (χ2v) is 18.4. The average molecular weight is 364 g/mol. The third-order valence-corrected chi connectivity index (χ3v) is 7.29. The Kier molecular flexibility index (Phi) is 18.7. The molecule has 1 nitrogen and oxygen atoms in total. The SMILES string of the molecule is C1CCCC1.C[Si](C)(C)[N-][Si](C)(C)C.[CH3-].[Cl][Ti][Cl]. The van der Waals surface area contributed by atoms with Gasteiger partial charge in [-0.3, -0.25) is 0 Å². The summed E-state index contributed by atoms with van der Waals surface area (Å²) in [6.45, 7) is 13.8. The van der Waals surface area contributed by atoms with Gasteiger partial charge in [0.1, 0.15) is 0 Å². The van der Waals surface area contributed by atoms with Crippen LogP contribution in [0.1, 0.15) is 32.1 Å². The second kappa shape index (κ2) is 13.7. The van der Waals surface area contributed by atoms with Gasteiger partial charge in [0.25, 0.3) is 0 Å². The van der Waals surface area contributed by atoms with Crippen LogP contribution in [0.15, 0.2) is 0 Å². The first-order chi connectivity index (χ1) is 7.62. The van der Waals surface area contributed by atoms with E-state index >= 15 is 0 Å². The van der Waals surface area contributed by atoms with Crippen LogP contribution in [0.25, 0.3) is 4.65 Å². The van der Waals surface area contributed by atoms with E-state index in [-0.39, 0.29) is 7.43 Å². The van der Waals surface area contributed by atoms with Crippen molar-refractivity contribution in [3.8, 4) is 0 Å². The van der Waals surface area contributed by atoms with Gasteiger partial charge in [0.2, 0.25) is 0 Å². The molecule has 0 radical (unpaired) electrons. The molecule has 1 rings (SSSR count). The van der Waals surface area contributed by atoms with Gasteiger partial charge in [-0.1, -0.05) is 87.9 Å². The van der Waals surface area contributed by atoms with Crippen LogP contribution in [0, 0.1) is 7.43 Å². The summed E-state index contributed by atoms with van der Waals surface area (Å²) in [5.41, 5.74) is 0. The van der Waals surface area contributed by atoms with Crippen molar-refractivity contribution >= 4 is 35.1 Å². The number of halogens is 2. The van der Waals surface area contributed by atoms with Gasteiger partial charge in [0, 0.05) is 0 Å². The van der Waals surface area contributed by atoms with Gasteiger partial charge >= 0.3 is 35.6 Å². The van der Waals surface area contributed by atoms with Gasteiger partial charge in [0.15, 0.2) is 0 Å². The quantitative estimate of drug-likeness (QED) is 0.378. The van der Waals surface area contributed by atoms with Crippen molar-refractivity contribution in [2.75, 3.05) is 0 Å². The third-order valence-electron chi connectivity index (χ3n) is 1.92. The normalized spacial score (nSPS) is 14.4. The maximum atomic E-state index is 4.89. The Hall–Kier alpha value is 1.69. The van der Waals surface area contributed by atoms with Crippen molar-refractivity contribution in [1.29, 1.82) is 0 Å². The fourth-order valence-corrected chi connectivity index (χ4v) is 9.94. The summed E-state index contributed by atoms with van der Waals surface area (Å²) in [6, 6.07) is 0. The van der Waals surface area contributed by atoms with E-state index in [1.165, 1.54) is 32.1 Å². The van der Waals surface area contributed by atoms with E-state index < -0.39 is 33.5 Å². The summed E-state index contributed by atoms with van der Waals surface area (Å²) in [5.74, 6) is 0. The molecule has 1 saturated carbocycles. The van der Waals surface area contributed by atoms with Gasteiger partial charge in [0.05, 0.1) is 0 Å². The van der Waals surface area contributed by atoms with Gasteiger partial charge in [-0.15, -0.1) is 0 Å². The van der Waals surface area contributed by atoms with Crippen LogP contribution in [0.2, 0.25) is 39.3 Å². The van der Waals surface area contributed by atoms with Crippen molar-refractivity contribution < 1.29 is 17.0 Å². The summed E-state index contributed by atoms with van der Waals surface area (Å²) in [7, 11) is 7.57. The Morgan fingerprint density at radius 1 is 0.722 bits per heavy atom. The zero-order valence-corrected chi connectivity index (χ0v) is 18.3. The first-order valence-corrected chi connectivity index (χ1v) is 17.5. The molecule has 0 aromatic heterocycles. The predicted molar refractivity (Wildman–Crippen MR) is 91.3 cm³/mol. The summed E-state index contributed by atoms with van der Waals surface area (Å²) < 4.78 is 4.82. The third kappa shape index (κ3) is 30.6. The molecule has 0 unspecified atom stereocenters. The predicted octanol–water partition coefficient (Wildman–Crippen LogP) is 6.81. The van der Waals surface area contributed by atoms with Crippen molar-refractivity contribution in [2.24, 2.45) is 0 Å². The summed E-state index contributed by atoms with van der Waals surface area (Å²) >= 11 is -0.556. The van der Waals surface area contributed by atoms with Crippen LogP contribution in [0.4, 0.5) is 0 Å². The van der Waals surface area contributed by atoms with E-state index in [0.29, 0.717) is 0 Å². The molecule has 0 saturated heterocycles. The molecule has 0 bridgehead atoms. The Balaban J connectivity index is -0.000000211. The number of hydrogen-bond donors (Lipinski definition) is 0. The molecule has 0 aromatic carbocycles. The molecular formula is C12H31Cl2NSi2Ti-2. The van der Waals surface area contributed by atoms with Crippen LogP contribution in [0.5, 0.6) is 0 Å². The van der Waals surface area contributed by atoms with E-state index in [4.69, 9.17) is 23.3 Å². The van der Waals surface area contributed by atoms with Crippen molar-refractivity contribution in [2.45, 2.75) is 71.4 Å². The van der Waals surface area contributed by atoms with Gasteiger partial charge in [-0.2, -0.15) is 0 Å². The maximum absolute atomic E-state index is 4.89. The van der Waals surface area contributed by atoms with Gasteiger partial charge < -0.3 is 12.1 Å². The number of rotatable bonds is 2. The molecule has 0 atom stereocenters. The molecule has 6 heteroatoms. The van der Waals surface area contributed by atoms with Crippen molar-refractivity contribution in [1.82, 2.24) is 0 Å². The van der Waals surface area contributed by atoms with E-state index in [1.807, 2.05) is 0 Å². The van der Waals surface area contributed by atoms with E-state index in [0.717, 1.165) is 0 Å². The fourth-order valence-electron chi connectivity index (χ4n) is 1.89. The zero-order chi connectivity index (χ0) is 13.9. The topological polar surface area (TPSA) is 14.1 Å². The summed E-state index contributed by atoms with van der Waals surface area (Å²) in [6.07, 6.45) is 7.50. The molecule has 0 amide bonds. The number of nitrogens with zero attached hydrogens (tertiary/aromatic N) is 1. The molecule has 1 aliphatic carbocycles. The summed E-state index contributed by atoms with van der Waals surface area (Å²) in [4.78, 5) is 0. The average Bonchev–Trinajstić information content (AvgIpc) is 2.52. The van der Waals surface area contributed by atoms with Gasteiger partial charge in [-0.25, -0.2) is 0 Å². The molecule has 0 heterocycles. The molecule has 112 valence electrons. The van der Waals surface area contributed by atoms with Crippen molar-refractivity contribution in [3.05, 3.63) is 12.1 Å². The standard InChI is InChI=1S/C6H18NSi2.C5H10.CH3.2ClH.Ti/c1-8(2,3)7-9(4,5)6;1-2-4-5-3-1;;;;/h1-6H3;1-5H2;1H3;2*1H;/q-1;;-1;;;+2/p-2. The molecule has 18 heavy (non-hydrogen) atoms. The van der Waals surface area contributed by atoms with Crippen LogP contribution < -0.4 is 0 Å². The molecule has 0 spiro atoms. The minimum atomic E-state index is -1.11. The van der Waals surface area contributed by atoms with Gasteiger partial charge in [-0.05, 0) is 0 Å². The van der Waals surface area contributed by atoms with Crippen LogP contribution in [-0.2, 0) is 17.0 Å². The first-order valence-electron chi connectivity index (χ1n) is 6.33. The molecule has 1 aliphatic rings. The van der Waals surface area contributed by atoms with Crippen LogP contribution in [-0.4, -0.2) is 16.5 Å². The number of hydrogen-bond acceptors (Lipinski definition) is 0. The van der Waals surface area contributed by atoms with Crippen LogP contribution >= 0.6 is 18.6 Å². The van der Waals surface area contributed by atoms with Crippen LogP contribution in [0.3, 0.4) is 0 Å². The monoisotopic (exact) mass is 363 g/mol. The Morgan fingerprint density at radius 3 is 0.944 bits per heavy atom. The molecule has 0 aliphatic heterocycles. The zero-order valence-electron chi connectivity index (χ0n) is 13.2. The second-order valence-electron chi connectivity index (χ2n) is 6.29. The Morgan fingerprint density at radius 2 is 0.889 bits per heavy atom. The molecule has 1 fully saturated rings.